The molecule has 2 unspecified atom stereocenters. The van der Waals surface area contributed by atoms with Crippen LogP contribution in [0.2, 0.25) is 0 Å². The second kappa shape index (κ2) is 6.53. The fourth-order valence-corrected chi connectivity index (χ4v) is 3.99. The van der Waals surface area contributed by atoms with Gasteiger partial charge in [0, 0.05) is 29.2 Å². The molecule has 2 heterocycles. The molecule has 4 rings (SSSR count). The number of urea groups is 1. The lowest BCUT2D eigenvalue weighted by molar-refractivity contribution is -0.123. The molecule has 1 saturated heterocycles. The second-order valence-electron chi connectivity index (χ2n) is 6.64. The Hall–Kier alpha value is -3.16. The highest BCUT2D eigenvalue weighted by Crippen LogP contribution is 2.46. The Labute approximate surface area is 155 Å². The number of nitrogens with one attached hydrogen (secondary N) is 2. The topological polar surface area (TPSA) is 106 Å². The number of aliphatic imine (C=N–C) groups is 1. The van der Waals surface area contributed by atoms with Gasteiger partial charge in [-0.1, -0.05) is 0 Å². The Kier molecular flexibility index (Phi) is 4.18. The van der Waals surface area contributed by atoms with Gasteiger partial charge in [0.15, 0.2) is 5.78 Å². The molecule has 1 aromatic rings. The van der Waals surface area contributed by atoms with Crippen LogP contribution < -0.4 is 20.1 Å². The van der Waals surface area contributed by atoms with Crippen molar-refractivity contribution in [3.05, 3.63) is 35.0 Å². The van der Waals surface area contributed by atoms with Crippen LogP contribution in [0.3, 0.4) is 0 Å². The summed E-state index contributed by atoms with van der Waals surface area (Å²) in [5.41, 5.74) is 1.80. The number of Topliss-reactive ketones (excluding diaryl/α,β-unsaturated/α-hetero) is 1. The highest BCUT2D eigenvalue weighted by molar-refractivity contribution is 6.20. The molecule has 1 aliphatic carbocycles. The van der Waals surface area contributed by atoms with Crippen LogP contribution in [0.4, 0.5) is 4.79 Å². The zero-order valence-corrected chi connectivity index (χ0v) is 15.0. The van der Waals surface area contributed by atoms with E-state index in [1.165, 1.54) is 7.11 Å². The first-order valence-electron chi connectivity index (χ1n) is 8.72. The largest absolute Gasteiger partial charge is 0.497 e. The maximum atomic E-state index is 12.8. The summed E-state index contributed by atoms with van der Waals surface area (Å²) in [6.45, 7) is 0. The molecule has 2 atom stereocenters. The van der Waals surface area contributed by atoms with Gasteiger partial charge in [-0.15, -0.1) is 0 Å². The molecule has 0 saturated carbocycles. The summed E-state index contributed by atoms with van der Waals surface area (Å²) in [6, 6.07) is 4.65. The molecule has 8 heteroatoms. The number of rotatable bonds is 3. The number of allylic oxidation sites excluding steroid dienone is 2. The number of fused-ring (bicyclic) bond motifs is 1. The van der Waals surface area contributed by atoms with E-state index in [0.717, 1.165) is 0 Å². The third kappa shape index (κ3) is 2.77. The van der Waals surface area contributed by atoms with Crippen molar-refractivity contribution >= 4 is 23.6 Å². The van der Waals surface area contributed by atoms with E-state index in [1.807, 2.05) is 0 Å². The van der Waals surface area contributed by atoms with Crippen LogP contribution in [0, 0.1) is 5.92 Å². The van der Waals surface area contributed by atoms with Crippen molar-refractivity contribution in [1.82, 2.24) is 10.6 Å². The van der Waals surface area contributed by atoms with E-state index < -0.39 is 23.8 Å². The highest BCUT2D eigenvalue weighted by atomic mass is 16.5. The number of ketones is 1. The summed E-state index contributed by atoms with van der Waals surface area (Å²) in [4.78, 5) is 41.7. The third-order valence-electron chi connectivity index (χ3n) is 5.16. The zero-order valence-electron chi connectivity index (χ0n) is 15.0. The average Bonchev–Trinajstić information content (AvgIpc) is 2.65. The Balaban J connectivity index is 1.95. The number of nitrogens with zero attached hydrogens (tertiary/aromatic N) is 1. The monoisotopic (exact) mass is 369 g/mol. The lowest BCUT2D eigenvalue weighted by Gasteiger charge is -2.37. The molecular formula is C19H19N3O5. The molecule has 2 N–H and O–H groups in total. The third-order valence-corrected chi connectivity index (χ3v) is 5.16. The molecule has 3 amide bonds. The van der Waals surface area contributed by atoms with Crippen LogP contribution in [0.15, 0.2) is 34.5 Å². The first-order chi connectivity index (χ1) is 13.0. The Morgan fingerprint density at radius 1 is 1.04 bits per heavy atom. The van der Waals surface area contributed by atoms with Gasteiger partial charge in [0.1, 0.15) is 23.3 Å². The maximum Gasteiger partial charge on any atom is 0.326 e. The zero-order chi connectivity index (χ0) is 19.1. The minimum Gasteiger partial charge on any atom is -0.497 e. The van der Waals surface area contributed by atoms with Crippen molar-refractivity contribution < 1.29 is 23.9 Å². The minimum absolute atomic E-state index is 0.0291. The lowest BCUT2D eigenvalue weighted by atomic mass is 9.72. The molecule has 0 spiro atoms. The van der Waals surface area contributed by atoms with E-state index in [2.05, 4.69) is 15.6 Å². The number of hydrogen-bond acceptors (Lipinski definition) is 6. The molecule has 8 nitrogen and oxygen atoms in total. The van der Waals surface area contributed by atoms with Crippen LogP contribution in [0.25, 0.3) is 0 Å². The molecule has 3 aliphatic rings. The van der Waals surface area contributed by atoms with Crippen molar-refractivity contribution in [2.45, 2.75) is 25.2 Å². The van der Waals surface area contributed by atoms with Gasteiger partial charge in [0.25, 0.3) is 0 Å². The van der Waals surface area contributed by atoms with Gasteiger partial charge in [-0.05, 0) is 31.0 Å². The van der Waals surface area contributed by atoms with Crippen LogP contribution in [0.1, 0.15) is 30.7 Å². The van der Waals surface area contributed by atoms with Crippen LogP contribution >= 0.6 is 0 Å². The fraction of sp³-hybridized carbons (Fsp3) is 0.368. The van der Waals surface area contributed by atoms with E-state index >= 15 is 0 Å². The van der Waals surface area contributed by atoms with Crippen molar-refractivity contribution in [3.63, 3.8) is 0 Å². The van der Waals surface area contributed by atoms with Crippen LogP contribution in [-0.4, -0.2) is 37.8 Å². The standard InChI is InChI=1S/C19H19N3O5/c1-26-9-6-7-13(27-2)10(8-9)14-15-11(4-3-5-12(15)23)20-17-16(14)18(24)22-19(25)21-17/h6-8,14,16H,3-5H2,1-2H3,(H2,20,21,22,24,25). The first kappa shape index (κ1) is 17.3. The number of amides is 3. The van der Waals surface area contributed by atoms with Crippen molar-refractivity contribution in [1.29, 1.82) is 0 Å². The predicted molar refractivity (Wildman–Crippen MR) is 95.8 cm³/mol. The van der Waals surface area contributed by atoms with E-state index in [0.29, 0.717) is 47.6 Å². The van der Waals surface area contributed by atoms with Gasteiger partial charge in [-0.25, -0.2) is 9.79 Å². The molecule has 2 aliphatic heterocycles. The molecule has 1 fully saturated rings. The molecule has 140 valence electrons. The van der Waals surface area contributed by atoms with E-state index in [1.54, 1.807) is 25.3 Å². The van der Waals surface area contributed by atoms with Crippen molar-refractivity contribution in [3.8, 4) is 11.5 Å². The summed E-state index contributed by atoms with van der Waals surface area (Å²) in [7, 11) is 3.08. The summed E-state index contributed by atoms with van der Waals surface area (Å²) in [6.07, 6.45) is 1.73. The van der Waals surface area contributed by atoms with E-state index in [4.69, 9.17) is 9.47 Å². The summed E-state index contributed by atoms with van der Waals surface area (Å²) in [5, 5.41) is 4.90. The number of ether oxygens (including phenoxy) is 2. The Bertz CT molecular complexity index is 918. The number of imide groups is 1. The van der Waals surface area contributed by atoms with Gasteiger partial charge in [-0.2, -0.15) is 0 Å². The van der Waals surface area contributed by atoms with Crippen molar-refractivity contribution in [2.75, 3.05) is 14.2 Å². The van der Waals surface area contributed by atoms with Gasteiger partial charge in [-0.3, -0.25) is 20.2 Å². The van der Waals surface area contributed by atoms with Crippen LogP contribution in [0.5, 0.6) is 11.5 Å². The number of carbonyl (C=O) groups is 3. The second-order valence-corrected chi connectivity index (χ2v) is 6.64. The normalized spacial score (nSPS) is 24.4. The minimum atomic E-state index is -0.815. The SMILES string of the molecule is COc1ccc(OC)c(C2C3=C(CCCC3=O)N=C3NC(=O)NC(=O)C32)c1. The van der Waals surface area contributed by atoms with E-state index in [9.17, 15) is 14.4 Å². The molecule has 0 aromatic heterocycles. The summed E-state index contributed by atoms with van der Waals surface area (Å²) in [5.74, 6) is -0.545. The van der Waals surface area contributed by atoms with Gasteiger partial charge >= 0.3 is 6.03 Å². The van der Waals surface area contributed by atoms with Gasteiger partial charge in [0.2, 0.25) is 5.91 Å². The maximum absolute atomic E-state index is 12.8. The smallest absolute Gasteiger partial charge is 0.326 e. The average molecular weight is 369 g/mol. The Morgan fingerprint density at radius 2 is 1.85 bits per heavy atom. The summed E-state index contributed by atoms with van der Waals surface area (Å²) < 4.78 is 10.8. The molecule has 0 radical (unpaired) electrons. The lowest BCUT2D eigenvalue weighted by Crippen LogP contribution is -2.58. The number of amidine groups is 1. The number of hydrogen-bond donors (Lipinski definition) is 2. The first-order valence-corrected chi connectivity index (χ1v) is 8.72. The Morgan fingerprint density at radius 3 is 2.59 bits per heavy atom. The summed E-state index contributed by atoms with van der Waals surface area (Å²) >= 11 is 0. The molecule has 27 heavy (non-hydrogen) atoms. The van der Waals surface area contributed by atoms with Crippen LogP contribution in [-0.2, 0) is 9.59 Å². The van der Waals surface area contributed by atoms with E-state index in [-0.39, 0.29) is 11.6 Å². The van der Waals surface area contributed by atoms with Gasteiger partial charge in [0.05, 0.1) is 14.2 Å². The molecule has 0 bridgehead atoms. The number of methoxy groups -OCH3 is 2. The molecular weight excluding hydrogens is 350 g/mol. The fourth-order valence-electron chi connectivity index (χ4n) is 3.99. The quantitative estimate of drug-likeness (QED) is 0.843. The molecule has 1 aromatic carbocycles. The van der Waals surface area contributed by atoms with Crippen molar-refractivity contribution in [2.24, 2.45) is 10.9 Å². The predicted octanol–water partition coefficient (Wildman–Crippen LogP) is 1.66. The van der Waals surface area contributed by atoms with Gasteiger partial charge < -0.3 is 9.47 Å². The number of carbonyl (C=O) groups excluding carboxylic acids is 3. The number of benzene rings is 1. The highest BCUT2D eigenvalue weighted by Gasteiger charge is 2.47.